The Morgan fingerprint density at radius 3 is 1.22 bits per heavy atom. The maximum Gasteiger partial charge on any atom is 0.274 e. The lowest BCUT2D eigenvalue weighted by Gasteiger charge is -2.49. The van der Waals surface area contributed by atoms with E-state index in [4.69, 9.17) is 20.2 Å². The lowest BCUT2D eigenvalue weighted by molar-refractivity contribution is -0.164. The number of rotatable bonds is 11. The fourth-order valence-electron chi connectivity index (χ4n) is 16.5. The van der Waals surface area contributed by atoms with E-state index in [1.54, 1.807) is 47.2 Å². The number of hydrogen-bond donors (Lipinski definition) is 3. The van der Waals surface area contributed by atoms with E-state index >= 15 is 0 Å². The second kappa shape index (κ2) is 28.6. The first kappa shape index (κ1) is 74.1. The molecule has 9 heterocycles. The van der Waals surface area contributed by atoms with Gasteiger partial charge in [0, 0.05) is 87.4 Å². The lowest BCUT2D eigenvalue weighted by Crippen LogP contribution is -2.65. The van der Waals surface area contributed by atoms with Crippen LogP contribution in [0, 0.1) is 17.8 Å². The number of aliphatic hydroxyl groups is 3. The Kier molecular flexibility index (Phi) is 20.4. The average Bonchev–Trinajstić information content (AvgIpc) is 1.43. The number of hydrogen-bond acceptors (Lipinski definition) is 15. The van der Waals surface area contributed by atoms with E-state index in [0.29, 0.717) is 138 Å². The second-order valence-electron chi connectivity index (χ2n) is 34.1. The molecule has 24 nitrogen and oxygen atoms in total. The van der Waals surface area contributed by atoms with Crippen LogP contribution in [0.25, 0.3) is 22.5 Å². The quantitative estimate of drug-likeness (QED) is 0.102. The van der Waals surface area contributed by atoms with Crippen LogP contribution in [0.2, 0.25) is 0 Å². The van der Waals surface area contributed by atoms with Crippen molar-refractivity contribution >= 4 is 58.0 Å². The standard InChI is InChI=1S/C27H39N5O3.C27H37N5O3.C26H33N5O3/c2*1-18(2)20-15-21(19-9-6-5-7-10-19)29-32-16-22(28-23(20)32)24(33)31-14-13-30(17-26(31,3)4)25(34)27(35)11-8-12-27;1-17(2)20-14-19(9-8-18-6-7-18)28-31-15-21(27-22(20)31)23(32)30-13-12-29(16-25(30,3)4)24(33)26(34)10-5-11-26/h15-16,18-19,35H,5-14,17H2,1-4H3;9,15-16,18,35H,5-8,10-14,17H2,1-4H3;14-15,17-18,34H,5-7,10-13,16H2,1-4H3. The molecule has 0 radical (unpaired) electrons. The van der Waals surface area contributed by atoms with Crippen molar-refractivity contribution in [2.45, 2.75) is 269 Å². The van der Waals surface area contributed by atoms with Gasteiger partial charge in [0.05, 0.1) is 46.6 Å². The molecule has 558 valence electrons. The predicted octanol–water partition coefficient (Wildman–Crippen LogP) is 10.3. The summed E-state index contributed by atoms with van der Waals surface area (Å²) in [4.78, 5) is 104. The molecule has 5 saturated carbocycles. The zero-order valence-electron chi connectivity index (χ0n) is 63.4. The monoisotopic (exact) mass is 1420 g/mol. The zero-order valence-corrected chi connectivity index (χ0v) is 63.4. The highest BCUT2D eigenvalue weighted by Crippen LogP contribution is 2.40. The third-order valence-corrected chi connectivity index (χ3v) is 23.6. The van der Waals surface area contributed by atoms with Crippen LogP contribution in [0.15, 0.2) is 42.9 Å². The van der Waals surface area contributed by atoms with Crippen molar-refractivity contribution in [2.75, 3.05) is 58.9 Å². The molecule has 6 aromatic heterocycles. The first-order valence-electron chi connectivity index (χ1n) is 38.7. The summed E-state index contributed by atoms with van der Waals surface area (Å²) in [6.07, 6.45) is 26.2. The van der Waals surface area contributed by atoms with Gasteiger partial charge in [-0.2, -0.15) is 15.3 Å². The maximum absolute atomic E-state index is 13.7. The summed E-state index contributed by atoms with van der Waals surface area (Å²) in [6, 6.07) is 6.32. The van der Waals surface area contributed by atoms with Gasteiger partial charge < -0.3 is 44.7 Å². The van der Waals surface area contributed by atoms with Gasteiger partial charge in [-0.1, -0.05) is 72.8 Å². The molecule has 0 aromatic carbocycles. The SMILES string of the molecule is CC(C)c1cc(C#CC2CC2)nn2cc(C(=O)N3CCN(C(=O)C4(O)CCC4)CC3(C)C)nc12.CC(C)c1cc(C2=CCCCC2)nn2cc(C(=O)N3CCN(C(=O)C4(O)CCC4)CC3(C)C)nc12.CC(C)c1cc(C2CCCCC2)nn2cc(C(=O)N3CCN(C(=O)C4(O)CCC4)CC3(C)C)nc12. The van der Waals surface area contributed by atoms with Crippen LogP contribution in [0.4, 0.5) is 0 Å². The summed E-state index contributed by atoms with van der Waals surface area (Å²) < 4.78 is 5.26. The Bertz CT molecular complexity index is 4410. The zero-order chi connectivity index (χ0) is 74.2. The number of imidazole rings is 3. The summed E-state index contributed by atoms with van der Waals surface area (Å²) in [5.41, 5.74) is 5.16. The molecule has 6 amide bonds. The van der Waals surface area contributed by atoms with Crippen molar-refractivity contribution in [1.29, 1.82) is 0 Å². The Hall–Kier alpha value is -8.14. The third kappa shape index (κ3) is 14.8. The van der Waals surface area contributed by atoms with Crippen LogP contribution >= 0.6 is 0 Å². The van der Waals surface area contributed by atoms with Crippen LogP contribution in [0.3, 0.4) is 0 Å². The first-order valence-corrected chi connectivity index (χ1v) is 38.7. The highest BCUT2D eigenvalue weighted by molar-refractivity contribution is 5.96. The molecule has 0 unspecified atom stereocenters. The fourth-order valence-corrected chi connectivity index (χ4v) is 16.5. The minimum absolute atomic E-state index is 0.135. The second-order valence-corrected chi connectivity index (χ2v) is 34.1. The third-order valence-electron chi connectivity index (χ3n) is 23.6. The lowest BCUT2D eigenvalue weighted by atomic mass is 9.78. The van der Waals surface area contributed by atoms with Gasteiger partial charge in [-0.05, 0) is 198 Å². The van der Waals surface area contributed by atoms with Crippen molar-refractivity contribution < 1.29 is 44.1 Å². The van der Waals surface area contributed by atoms with Crippen molar-refractivity contribution in [2.24, 2.45) is 5.92 Å². The van der Waals surface area contributed by atoms with Gasteiger partial charge in [-0.3, -0.25) is 28.8 Å². The number of carbonyl (C=O) groups is 6. The molecule has 8 fully saturated rings. The number of fused-ring (bicyclic) bond motifs is 3. The summed E-state index contributed by atoms with van der Waals surface area (Å²) in [7, 11) is 0. The van der Waals surface area contributed by atoms with Gasteiger partial charge >= 0.3 is 0 Å². The first-order chi connectivity index (χ1) is 49.2. The molecule has 0 atom stereocenters. The van der Waals surface area contributed by atoms with Gasteiger partial charge in [0.15, 0.2) is 16.9 Å². The number of nitrogens with zero attached hydrogens (tertiary/aromatic N) is 15. The van der Waals surface area contributed by atoms with E-state index in [2.05, 4.69) is 81.7 Å². The minimum Gasteiger partial charge on any atom is -0.380 e. The predicted molar refractivity (Wildman–Crippen MR) is 395 cm³/mol. The van der Waals surface area contributed by atoms with Gasteiger partial charge in [0.2, 0.25) is 0 Å². The Balaban J connectivity index is 0.000000139. The Morgan fingerprint density at radius 1 is 0.462 bits per heavy atom. The van der Waals surface area contributed by atoms with E-state index in [-0.39, 0.29) is 53.2 Å². The van der Waals surface area contributed by atoms with E-state index in [1.165, 1.54) is 50.5 Å². The number of amides is 6. The molecule has 24 heteroatoms. The highest BCUT2D eigenvalue weighted by atomic mass is 16.3. The summed E-state index contributed by atoms with van der Waals surface area (Å²) in [5, 5.41) is 45.9. The van der Waals surface area contributed by atoms with E-state index in [0.717, 1.165) is 84.3 Å². The van der Waals surface area contributed by atoms with Crippen LogP contribution in [0.1, 0.15) is 300 Å². The Morgan fingerprint density at radius 2 is 0.856 bits per heavy atom. The smallest absolute Gasteiger partial charge is 0.274 e. The van der Waals surface area contributed by atoms with Gasteiger partial charge in [0.1, 0.15) is 39.6 Å². The van der Waals surface area contributed by atoms with Crippen LogP contribution < -0.4 is 0 Å². The number of aromatic nitrogens is 9. The normalized spacial score (nSPS) is 21.8. The van der Waals surface area contributed by atoms with E-state index < -0.39 is 33.4 Å². The largest absolute Gasteiger partial charge is 0.380 e. The fraction of sp³-hybridized carbons (Fsp3) is 0.650. The van der Waals surface area contributed by atoms with Gasteiger partial charge in [0.25, 0.3) is 35.4 Å². The van der Waals surface area contributed by atoms with Crippen LogP contribution in [0.5, 0.6) is 0 Å². The summed E-state index contributed by atoms with van der Waals surface area (Å²) >= 11 is 0. The van der Waals surface area contributed by atoms with Gasteiger partial charge in [-0.25, -0.2) is 28.5 Å². The number of allylic oxidation sites excluding steroid dienone is 2. The molecule has 3 aliphatic heterocycles. The van der Waals surface area contributed by atoms with Crippen molar-refractivity contribution in [3.05, 3.63) is 93.7 Å². The molecular weight excluding hydrogens is 1310 g/mol. The van der Waals surface area contributed by atoms with Crippen molar-refractivity contribution in [1.82, 2.24) is 73.2 Å². The van der Waals surface area contributed by atoms with Crippen molar-refractivity contribution in [3.8, 4) is 11.8 Å². The molecule has 3 saturated heterocycles. The van der Waals surface area contributed by atoms with Crippen molar-refractivity contribution in [3.63, 3.8) is 0 Å². The summed E-state index contributed by atoms with van der Waals surface area (Å²) in [5.74, 6) is 7.06. The molecule has 0 bridgehead atoms. The molecule has 15 rings (SSSR count). The van der Waals surface area contributed by atoms with E-state index in [9.17, 15) is 44.1 Å². The van der Waals surface area contributed by atoms with Crippen LogP contribution in [-0.2, 0) is 14.4 Å². The highest BCUT2D eigenvalue weighted by Gasteiger charge is 2.52. The summed E-state index contributed by atoms with van der Waals surface area (Å²) in [6.45, 7) is 28.2. The molecule has 9 aliphatic rings. The number of carbonyl (C=O) groups excluding carboxylic acids is 6. The minimum atomic E-state index is -1.22. The molecular formula is C80H109N15O9. The van der Waals surface area contributed by atoms with Crippen LogP contribution in [-0.4, -0.2) is 216 Å². The molecule has 6 aliphatic carbocycles. The Labute approximate surface area is 611 Å². The van der Waals surface area contributed by atoms with Gasteiger partial charge in [-0.15, -0.1) is 0 Å². The molecule has 6 aromatic rings. The van der Waals surface area contributed by atoms with E-state index in [1.807, 2.05) is 61.9 Å². The maximum atomic E-state index is 13.7. The topological polar surface area (TPSA) is 273 Å². The number of piperazine rings is 3. The average molecular weight is 1420 g/mol. The molecule has 3 N–H and O–H groups in total. The molecule has 104 heavy (non-hydrogen) atoms. The molecule has 0 spiro atoms.